The van der Waals surface area contributed by atoms with Crippen molar-refractivity contribution >= 4 is 38.7 Å². The summed E-state index contributed by atoms with van der Waals surface area (Å²) in [6, 6.07) is 9.62. The third kappa shape index (κ3) is 2.60. The number of carbonyl (C=O) groups excluding carboxylic acids is 1. The standard InChI is InChI=1S/C14H12N4OS/c1-18-10(8-9-15-18)6-7-13(19)17-14-16-11-4-2-3-5-12(11)20-14/h2-9H,1H3,(H,16,17,19)/b7-6+. The number of rotatable bonds is 3. The van der Waals surface area contributed by atoms with Crippen LogP contribution < -0.4 is 5.32 Å². The predicted octanol–water partition coefficient (Wildman–Crippen LogP) is 2.68. The Balaban J connectivity index is 1.72. The monoisotopic (exact) mass is 284 g/mol. The molecule has 2 aromatic heterocycles. The number of hydrogen-bond acceptors (Lipinski definition) is 4. The molecule has 0 fully saturated rings. The third-order valence-corrected chi connectivity index (χ3v) is 3.74. The van der Waals surface area contributed by atoms with E-state index < -0.39 is 0 Å². The highest BCUT2D eigenvalue weighted by molar-refractivity contribution is 7.22. The maximum Gasteiger partial charge on any atom is 0.250 e. The molecule has 2 heterocycles. The van der Waals surface area contributed by atoms with Crippen molar-refractivity contribution in [3.05, 3.63) is 48.3 Å². The zero-order chi connectivity index (χ0) is 13.9. The molecular weight excluding hydrogens is 272 g/mol. The first kappa shape index (κ1) is 12.6. The lowest BCUT2D eigenvalue weighted by Crippen LogP contribution is -2.07. The van der Waals surface area contributed by atoms with Crippen LogP contribution in [0.3, 0.4) is 0 Å². The van der Waals surface area contributed by atoms with Gasteiger partial charge in [-0.2, -0.15) is 5.10 Å². The summed E-state index contributed by atoms with van der Waals surface area (Å²) < 4.78 is 2.75. The zero-order valence-electron chi connectivity index (χ0n) is 10.8. The second kappa shape index (κ2) is 5.26. The van der Waals surface area contributed by atoms with E-state index in [0.717, 1.165) is 15.9 Å². The van der Waals surface area contributed by atoms with E-state index in [9.17, 15) is 4.79 Å². The van der Waals surface area contributed by atoms with Gasteiger partial charge in [0.25, 0.3) is 0 Å². The number of hydrogen-bond donors (Lipinski definition) is 1. The second-order valence-electron chi connectivity index (χ2n) is 4.19. The molecule has 0 spiro atoms. The number of aryl methyl sites for hydroxylation is 1. The third-order valence-electron chi connectivity index (χ3n) is 2.79. The Morgan fingerprint density at radius 2 is 2.20 bits per heavy atom. The van der Waals surface area contributed by atoms with Gasteiger partial charge in [0.05, 0.1) is 15.9 Å². The van der Waals surface area contributed by atoms with Crippen LogP contribution >= 0.6 is 11.3 Å². The molecule has 3 aromatic rings. The molecule has 3 rings (SSSR count). The lowest BCUT2D eigenvalue weighted by Gasteiger charge is -1.96. The number of benzene rings is 1. The Labute approximate surface area is 119 Å². The molecule has 6 heteroatoms. The van der Waals surface area contributed by atoms with Crippen molar-refractivity contribution in [1.82, 2.24) is 14.8 Å². The van der Waals surface area contributed by atoms with Crippen LogP contribution in [-0.2, 0) is 11.8 Å². The maximum absolute atomic E-state index is 11.8. The number of para-hydroxylation sites is 1. The minimum absolute atomic E-state index is 0.203. The van der Waals surface area contributed by atoms with Crippen LogP contribution in [0.5, 0.6) is 0 Å². The van der Waals surface area contributed by atoms with Gasteiger partial charge in [0.2, 0.25) is 5.91 Å². The summed E-state index contributed by atoms with van der Waals surface area (Å²) in [6.45, 7) is 0. The van der Waals surface area contributed by atoms with Gasteiger partial charge < -0.3 is 0 Å². The van der Waals surface area contributed by atoms with E-state index in [4.69, 9.17) is 0 Å². The second-order valence-corrected chi connectivity index (χ2v) is 5.22. The van der Waals surface area contributed by atoms with Gasteiger partial charge in [-0.15, -0.1) is 0 Å². The summed E-state index contributed by atoms with van der Waals surface area (Å²) in [7, 11) is 1.82. The van der Waals surface area contributed by atoms with Crippen molar-refractivity contribution in [2.45, 2.75) is 0 Å². The number of carbonyl (C=O) groups is 1. The molecule has 1 aromatic carbocycles. The highest BCUT2D eigenvalue weighted by atomic mass is 32.1. The van der Waals surface area contributed by atoms with Crippen molar-refractivity contribution in [3.8, 4) is 0 Å². The van der Waals surface area contributed by atoms with Crippen LogP contribution in [0.2, 0.25) is 0 Å². The van der Waals surface area contributed by atoms with E-state index in [2.05, 4.69) is 15.4 Å². The van der Waals surface area contributed by atoms with Crippen LogP contribution in [0.4, 0.5) is 5.13 Å². The Morgan fingerprint density at radius 1 is 1.35 bits per heavy atom. The molecule has 1 N–H and O–H groups in total. The van der Waals surface area contributed by atoms with Gasteiger partial charge in [0, 0.05) is 19.3 Å². The van der Waals surface area contributed by atoms with Crippen LogP contribution in [0.1, 0.15) is 5.69 Å². The topological polar surface area (TPSA) is 59.8 Å². The molecule has 0 aliphatic rings. The molecule has 1 amide bonds. The largest absolute Gasteiger partial charge is 0.298 e. The zero-order valence-corrected chi connectivity index (χ0v) is 11.6. The lowest BCUT2D eigenvalue weighted by atomic mass is 10.3. The van der Waals surface area contributed by atoms with E-state index in [1.165, 1.54) is 17.4 Å². The van der Waals surface area contributed by atoms with Crippen molar-refractivity contribution < 1.29 is 4.79 Å². The van der Waals surface area contributed by atoms with E-state index >= 15 is 0 Å². The van der Waals surface area contributed by atoms with Crippen LogP contribution in [0.25, 0.3) is 16.3 Å². The minimum Gasteiger partial charge on any atom is -0.298 e. The first-order valence-electron chi connectivity index (χ1n) is 6.05. The molecule has 0 unspecified atom stereocenters. The minimum atomic E-state index is -0.203. The fourth-order valence-corrected chi connectivity index (χ4v) is 2.65. The van der Waals surface area contributed by atoms with Gasteiger partial charge in [-0.1, -0.05) is 23.5 Å². The van der Waals surface area contributed by atoms with Gasteiger partial charge in [0.15, 0.2) is 5.13 Å². The Morgan fingerprint density at radius 3 is 2.95 bits per heavy atom. The van der Waals surface area contributed by atoms with Crippen molar-refractivity contribution in [3.63, 3.8) is 0 Å². The smallest absolute Gasteiger partial charge is 0.250 e. The SMILES string of the molecule is Cn1nccc1/C=C/C(=O)Nc1nc2ccccc2s1. The molecular formula is C14H12N4OS. The molecule has 0 atom stereocenters. The highest BCUT2D eigenvalue weighted by Crippen LogP contribution is 2.25. The van der Waals surface area contributed by atoms with E-state index in [1.54, 1.807) is 17.0 Å². The van der Waals surface area contributed by atoms with Gasteiger partial charge in [-0.3, -0.25) is 14.8 Å². The van der Waals surface area contributed by atoms with Crippen molar-refractivity contribution in [2.24, 2.45) is 7.05 Å². The first-order valence-corrected chi connectivity index (χ1v) is 6.87. The van der Waals surface area contributed by atoms with Crippen molar-refractivity contribution in [1.29, 1.82) is 0 Å². The summed E-state index contributed by atoms with van der Waals surface area (Å²) in [6.07, 6.45) is 4.88. The molecule has 0 radical (unpaired) electrons. The Bertz CT molecular complexity index is 754. The number of anilines is 1. The lowest BCUT2D eigenvalue weighted by molar-refractivity contribution is -0.111. The number of aromatic nitrogens is 3. The van der Waals surface area contributed by atoms with E-state index in [1.807, 2.05) is 37.4 Å². The fraction of sp³-hybridized carbons (Fsp3) is 0.0714. The van der Waals surface area contributed by atoms with Gasteiger partial charge in [-0.05, 0) is 24.3 Å². The average molecular weight is 284 g/mol. The molecule has 20 heavy (non-hydrogen) atoms. The van der Waals surface area contributed by atoms with Gasteiger partial charge in [0.1, 0.15) is 0 Å². The first-order chi connectivity index (χ1) is 9.72. The number of thiazole rings is 1. The molecule has 0 aliphatic heterocycles. The van der Waals surface area contributed by atoms with Gasteiger partial charge >= 0.3 is 0 Å². The van der Waals surface area contributed by atoms with E-state index in [0.29, 0.717) is 5.13 Å². The quantitative estimate of drug-likeness (QED) is 0.752. The molecule has 5 nitrogen and oxygen atoms in total. The number of amides is 1. The summed E-state index contributed by atoms with van der Waals surface area (Å²) >= 11 is 1.46. The molecule has 0 bridgehead atoms. The molecule has 0 saturated carbocycles. The molecule has 0 aliphatic carbocycles. The normalized spacial score (nSPS) is 11.2. The Kier molecular flexibility index (Phi) is 3.30. The summed E-state index contributed by atoms with van der Waals surface area (Å²) in [4.78, 5) is 16.2. The number of nitrogens with zero attached hydrogens (tertiary/aromatic N) is 3. The van der Waals surface area contributed by atoms with Crippen molar-refractivity contribution in [2.75, 3.05) is 5.32 Å². The maximum atomic E-state index is 11.8. The predicted molar refractivity (Wildman–Crippen MR) is 80.5 cm³/mol. The van der Waals surface area contributed by atoms with Crippen LogP contribution in [0, 0.1) is 0 Å². The molecule has 100 valence electrons. The Hall–Kier alpha value is -2.47. The van der Waals surface area contributed by atoms with E-state index in [-0.39, 0.29) is 5.91 Å². The summed E-state index contributed by atoms with van der Waals surface area (Å²) in [5.74, 6) is -0.203. The van der Waals surface area contributed by atoms with Gasteiger partial charge in [-0.25, -0.2) is 4.98 Å². The average Bonchev–Trinajstić information content (AvgIpc) is 3.01. The van der Waals surface area contributed by atoms with Crippen LogP contribution in [-0.4, -0.2) is 20.7 Å². The summed E-state index contributed by atoms with van der Waals surface area (Å²) in [5, 5.41) is 7.40. The molecule has 0 saturated heterocycles. The summed E-state index contributed by atoms with van der Waals surface area (Å²) in [5.41, 5.74) is 1.76. The highest BCUT2D eigenvalue weighted by Gasteiger charge is 2.05. The number of nitrogens with one attached hydrogen (secondary N) is 1. The van der Waals surface area contributed by atoms with Crippen LogP contribution in [0.15, 0.2) is 42.6 Å². The fourth-order valence-electron chi connectivity index (χ4n) is 1.78. The number of fused-ring (bicyclic) bond motifs is 1.